The fourth-order valence-corrected chi connectivity index (χ4v) is 7.02. The molecule has 0 bridgehead atoms. The zero-order valence-corrected chi connectivity index (χ0v) is 25.9. The van der Waals surface area contributed by atoms with E-state index in [-0.39, 0.29) is 5.92 Å². The minimum absolute atomic E-state index is 0.103. The SMILES string of the molecule is CCCCCCCCCC(CCCCCCCC1CC1CCCCCCCC)CN1CCC(C(=O)O)CC1. The van der Waals surface area contributed by atoms with Crippen molar-refractivity contribution < 1.29 is 9.90 Å². The zero-order chi connectivity index (χ0) is 27.3. The lowest BCUT2D eigenvalue weighted by Gasteiger charge is -2.33. The smallest absolute Gasteiger partial charge is 0.306 e. The summed E-state index contributed by atoms with van der Waals surface area (Å²) in [4.78, 5) is 13.9. The van der Waals surface area contributed by atoms with E-state index in [2.05, 4.69) is 18.7 Å². The summed E-state index contributed by atoms with van der Waals surface area (Å²) >= 11 is 0. The number of carbonyl (C=O) groups is 1. The number of likely N-dealkylation sites (tertiary alicyclic amines) is 1. The van der Waals surface area contributed by atoms with Crippen LogP contribution < -0.4 is 0 Å². The molecule has 0 amide bonds. The van der Waals surface area contributed by atoms with Crippen LogP contribution in [0.5, 0.6) is 0 Å². The van der Waals surface area contributed by atoms with Crippen LogP contribution in [-0.2, 0) is 4.79 Å². The number of piperidine rings is 1. The molecule has 1 saturated carbocycles. The summed E-state index contributed by atoms with van der Waals surface area (Å²) in [6.45, 7) is 7.80. The number of nitrogens with zero attached hydrogens (tertiary/aromatic N) is 1. The van der Waals surface area contributed by atoms with Gasteiger partial charge in [0.15, 0.2) is 0 Å². The fourth-order valence-electron chi connectivity index (χ4n) is 7.02. The zero-order valence-electron chi connectivity index (χ0n) is 25.9. The first-order valence-electron chi connectivity index (χ1n) is 17.6. The van der Waals surface area contributed by atoms with Gasteiger partial charge in [-0.1, -0.05) is 142 Å². The highest BCUT2D eigenvalue weighted by molar-refractivity contribution is 5.70. The molecule has 3 unspecified atom stereocenters. The Morgan fingerprint density at radius 3 is 1.53 bits per heavy atom. The maximum atomic E-state index is 11.3. The van der Waals surface area contributed by atoms with Gasteiger partial charge in [0, 0.05) is 6.54 Å². The number of unbranched alkanes of at least 4 members (excludes halogenated alkanes) is 15. The Labute approximate surface area is 238 Å². The van der Waals surface area contributed by atoms with Crippen molar-refractivity contribution in [2.45, 2.75) is 174 Å². The second kappa shape index (κ2) is 22.2. The number of carboxylic acids is 1. The van der Waals surface area contributed by atoms with E-state index >= 15 is 0 Å². The lowest BCUT2D eigenvalue weighted by atomic mass is 9.91. The predicted molar refractivity (Wildman–Crippen MR) is 165 cm³/mol. The Morgan fingerprint density at radius 2 is 1.08 bits per heavy atom. The molecule has 1 aliphatic carbocycles. The van der Waals surface area contributed by atoms with Gasteiger partial charge in [0.2, 0.25) is 0 Å². The van der Waals surface area contributed by atoms with Gasteiger partial charge in [-0.15, -0.1) is 0 Å². The Hall–Kier alpha value is -0.570. The Bertz CT molecular complexity index is 556. The number of aliphatic carboxylic acids is 1. The van der Waals surface area contributed by atoms with Gasteiger partial charge in [-0.3, -0.25) is 4.79 Å². The van der Waals surface area contributed by atoms with E-state index in [0.717, 1.165) is 43.7 Å². The third kappa shape index (κ3) is 16.5. The molecule has 1 saturated heterocycles. The van der Waals surface area contributed by atoms with E-state index in [1.165, 1.54) is 148 Å². The third-order valence-corrected chi connectivity index (χ3v) is 9.85. The van der Waals surface area contributed by atoms with Crippen LogP contribution in [0.3, 0.4) is 0 Å². The molecule has 3 nitrogen and oxygen atoms in total. The molecule has 2 rings (SSSR count). The average molecular weight is 534 g/mol. The highest BCUT2D eigenvalue weighted by atomic mass is 16.4. The predicted octanol–water partition coefficient (Wildman–Crippen LogP) is 10.7. The summed E-state index contributed by atoms with van der Waals surface area (Å²) in [5, 5.41) is 9.33. The van der Waals surface area contributed by atoms with Crippen molar-refractivity contribution in [1.29, 1.82) is 0 Å². The largest absolute Gasteiger partial charge is 0.481 e. The summed E-state index contributed by atoms with van der Waals surface area (Å²) in [7, 11) is 0. The molecule has 224 valence electrons. The molecule has 2 aliphatic rings. The molecule has 1 aliphatic heterocycles. The first-order chi connectivity index (χ1) is 18.6. The highest BCUT2D eigenvalue weighted by Gasteiger charge is 2.35. The molecule has 0 aromatic rings. The minimum Gasteiger partial charge on any atom is -0.481 e. The molecule has 3 atom stereocenters. The Morgan fingerprint density at radius 1 is 0.658 bits per heavy atom. The van der Waals surface area contributed by atoms with Crippen LogP contribution in [0.1, 0.15) is 174 Å². The monoisotopic (exact) mass is 534 g/mol. The number of carboxylic acid groups (broad SMARTS) is 1. The van der Waals surface area contributed by atoms with Crippen molar-refractivity contribution in [2.75, 3.05) is 19.6 Å². The van der Waals surface area contributed by atoms with Crippen molar-refractivity contribution in [3.8, 4) is 0 Å². The van der Waals surface area contributed by atoms with Crippen LogP contribution in [0.15, 0.2) is 0 Å². The molecular formula is C35H67NO2. The van der Waals surface area contributed by atoms with Gasteiger partial charge < -0.3 is 10.0 Å². The Kier molecular flexibility index (Phi) is 19.6. The number of hydrogen-bond donors (Lipinski definition) is 1. The van der Waals surface area contributed by atoms with E-state index in [0.29, 0.717) is 0 Å². The van der Waals surface area contributed by atoms with Crippen LogP contribution >= 0.6 is 0 Å². The van der Waals surface area contributed by atoms with Crippen molar-refractivity contribution in [3.63, 3.8) is 0 Å². The second-order valence-electron chi connectivity index (χ2n) is 13.3. The first kappa shape index (κ1) is 33.6. The van der Waals surface area contributed by atoms with Gasteiger partial charge >= 0.3 is 5.97 Å². The van der Waals surface area contributed by atoms with Gasteiger partial charge in [0.25, 0.3) is 0 Å². The summed E-state index contributed by atoms with van der Waals surface area (Å²) in [5.41, 5.74) is 0. The summed E-state index contributed by atoms with van der Waals surface area (Å²) < 4.78 is 0. The van der Waals surface area contributed by atoms with E-state index in [4.69, 9.17) is 0 Å². The third-order valence-electron chi connectivity index (χ3n) is 9.85. The standard InChI is InChI=1S/C35H67NO2/c1-3-5-7-9-11-13-17-21-31(30-36-27-25-32(26-28-36)35(37)38)22-18-14-12-16-20-24-34-29-33(34)23-19-15-10-8-6-4-2/h31-34H,3-30H2,1-2H3,(H,37,38). The molecule has 1 N–H and O–H groups in total. The molecule has 0 spiro atoms. The molecular weight excluding hydrogens is 466 g/mol. The first-order valence-corrected chi connectivity index (χ1v) is 17.6. The van der Waals surface area contributed by atoms with Crippen molar-refractivity contribution in [3.05, 3.63) is 0 Å². The number of hydrogen-bond acceptors (Lipinski definition) is 2. The quantitative estimate of drug-likeness (QED) is 0.112. The summed E-state index contributed by atoms with van der Waals surface area (Å²) in [6, 6.07) is 0. The van der Waals surface area contributed by atoms with Crippen molar-refractivity contribution in [1.82, 2.24) is 4.90 Å². The lowest BCUT2D eigenvalue weighted by Crippen LogP contribution is -2.39. The normalized spacial score (nSPS) is 21.1. The van der Waals surface area contributed by atoms with E-state index in [9.17, 15) is 9.90 Å². The number of rotatable bonds is 26. The lowest BCUT2D eigenvalue weighted by molar-refractivity contribution is -0.143. The molecule has 0 radical (unpaired) electrons. The Balaban J connectivity index is 1.51. The van der Waals surface area contributed by atoms with Crippen LogP contribution in [0.2, 0.25) is 0 Å². The fraction of sp³-hybridized carbons (Fsp3) is 0.971. The topological polar surface area (TPSA) is 40.5 Å². The van der Waals surface area contributed by atoms with E-state index in [1.54, 1.807) is 6.42 Å². The van der Waals surface area contributed by atoms with Gasteiger partial charge in [-0.2, -0.15) is 0 Å². The molecule has 38 heavy (non-hydrogen) atoms. The minimum atomic E-state index is -0.584. The second-order valence-corrected chi connectivity index (χ2v) is 13.3. The van der Waals surface area contributed by atoms with Gasteiger partial charge in [0.1, 0.15) is 0 Å². The van der Waals surface area contributed by atoms with Gasteiger partial charge in [-0.05, 0) is 62.9 Å². The molecule has 2 fully saturated rings. The average Bonchev–Trinajstić information content (AvgIpc) is 3.67. The van der Waals surface area contributed by atoms with E-state index < -0.39 is 5.97 Å². The van der Waals surface area contributed by atoms with E-state index in [1.807, 2.05) is 0 Å². The molecule has 0 aromatic heterocycles. The highest BCUT2D eigenvalue weighted by Crippen LogP contribution is 2.45. The van der Waals surface area contributed by atoms with Gasteiger partial charge in [-0.25, -0.2) is 0 Å². The van der Waals surface area contributed by atoms with Gasteiger partial charge in [0.05, 0.1) is 5.92 Å². The molecule has 3 heteroatoms. The van der Waals surface area contributed by atoms with Crippen LogP contribution in [-0.4, -0.2) is 35.6 Å². The van der Waals surface area contributed by atoms with Crippen LogP contribution in [0.25, 0.3) is 0 Å². The van der Waals surface area contributed by atoms with Crippen LogP contribution in [0.4, 0.5) is 0 Å². The maximum Gasteiger partial charge on any atom is 0.306 e. The summed E-state index contributed by atoms with van der Waals surface area (Å²) in [6.07, 6.45) is 34.7. The summed E-state index contributed by atoms with van der Waals surface area (Å²) in [5.74, 6) is 2.31. The van der Waals surface area contributed by atoms with Crippen molar-refractivity contribution >= 4 is 5.97 Å². The molecule has 0 aromatic carbocycles. The molecule has 1 heterocycles. The maximum absolute atomic E-state index is 11.3. The van der Waals surface area contributed by atoms with Crippen molar-refractivity contribution in [2.24, 2.45) is 23.7 Å². The van der Waals surface area contributed by atoms with Crippen LogP contribution in [0, 0.1) is 23.7 Å².